The molecule has 1 aromatic rings. The summed E-state index contributed by atoms with van der Waals surface area (Å²) in [5.74, 6) is 2.14. The van der Waals surface area contributed by atoms with E-state index < -0.39 is 0 Å². The Kier molecular flexibility index (Phi) is 4.35. The van der Waals surface area contributed by atoms with Gasteiger partial charge in [0.25, 0.3) is 0 Å². The van der Waals surface area contributed by atoms with Crippen molar-refractivity contribution in [2.75, 3.05) is 20.1 Å². The van der Waals surface area contributed by atoms with Crippen LogP contribution in [0.2, 0.25) is 0 Å². The highest BCUT2D eigenvalue weighted by molar-refractivity contribution is 4.88. The molecule has 1 N–H and O–H groups in total. The molecule has 1 saturated heterocycles. The topological polar surface area (TPSA) is 54.2 Å². The van der Waals surface area contributed by atoms with E-state index >= 15 is 0 Å². The minimum atomic E-state index is 0.601. The highest BCUT2D eigenvalue weighted by Gasteiger charge is 2.28. The van der Waals surface area contributed by atoms with E-state index in [2.05, 4.69) is 41.3 Å². The molecule has 18 heavy (non-hydrogen) atoms. The molecule has 5 heteroatoms. The van der Waals surface area contributed by atoms with Crippen LogP contribution in [0.5, 0.6) is 0 Å². The molecule has 0 spiro atoms. The Labute approximate surface area is 109 Å². The maximum atomic E-state index is 4.96. The van der Waals surface area contributed by atoms with Gasteiger partial charge in [0.05, 0.1) is 0 Å². The second-order valence-corrected chi connectivity index (χ2v) is 5.54. The molecule has 102 valence electrons. The van der Waals surface area contributed by atoms with Gasteiger partial charge in [-0.05, 0) is 26.3 Å². The van der Waals surface area contributed by atoms with Crippen LogP contribution in [0.15, 0.2) is 4.52 Å². The van der Waals surface area contributed by atoms with Crippen molar-refractivity contribution in [3.8, 4) is 0 Å². The van der Waals surface area contributed by atoms with Gasteiger partial charge in [0.15, 0.2) is 5.82 Å². The molecule has 2 rings (SSSR count). The molecule has 1 aliphatic heterocycles. The Morgan fingerprint density at radius 3 is 2.89 bits per heavy atom. The van der Waals surface area contributed by atoms with Crippen LogP contribution < -0.4 is 5.32 Å². The lowest BCUT2D eigenvalue weighted by atomic mass is 9.90. The van der Waals surface area contributed by atoms with E-state index in [0.29, 0.717) is 23.9 Å². The first kappa shape index (κ1) is 13.5. The van der Waals surface area contributed by atoms with Crippen molar-refractivity contribution < 1.29 is 4.52 Å². The third-order valence-corrected chi connectivity index (χ3v) is 3.94. The summed E-state index contributed by atoms with van der Waals surface area (Å²) in [6.07, 6.45) is 2.05. The summed E-state index contributed by atoms with van der Waals surface area (Å²) in [4.78, 5) is 6.65. The molecule has 3 unspecified atom stereocenters. The number of hydrogen-bond donors (Lipinski definition) is 1. The average Bonchev–Trinajstić information content (AvgIpc) is 2.71. The van der Waals surface area contributed by atoms with Crippen LogP contribution in [-0.2, 0) is 6.42 Å². The monoisotopic (exact) mass is 252 g/mol. The first-order valence-corrected chi connectivity index (χ1v) is 6.79. The van der Waals surface area contributed by atoms with Crippen LogP contribution in [-0.4, -0.2) is 47.3 Å². The fraction of sp³-hybridized carbons (Fsp3) is 0.846. The standard InChI is InChI=1S/C13H24N4O/c1-9-8-17(4)10(2)7-12(9)14-6-5-13-15-11(3)18-16-13/h9-10,12,14H,5-8H2,1-4H3. The molecule has 0 saturated carbocycles. The van der Waals surface area contributed by atoms with E-state index in [1.165, 1.54) is 13.0 Å². The quantitative estimate of drug-likeness (QED) is 0.873. The smallest absolute Gasteiger partial charge is 0.223 e. The molecule has 1 aromatic heterocycles. The third-order valence-electron chi connectivity index (χ3n) is 3.94. The summed E-state index contributed by atoms with van der Waals surface area (Å²) in [6, 6.07) is 1.26. The third kappa shape index (κ3) is 3.29. The molecule has 3 atom stereocenters. The minimum Gasteiger partial charge on any atom is -0.340 e. The zero-order valence-corrected chi connectivity index (χ0v) is 11.8. The Hall–Kier alpha value is -0.940. The average molecular weight is 252 g/mol. The predicted molar refractivity (Wildman–Crippen MR) is 70.4 cm³/mol. The number of likely N-dealkylation sites (tertiary alicyclic amines) is 1. The Morgan fingerprint density at radius 2 is 2.22 bits per heavy atom. The Balaban J connectivity index is 1.76. The van der Waals surface area contributed by atoms with Gasteiger partial charge in [-0.25, -0.2) is 0 Å². The van der Waals surface area contributed by atoms with Crippen molar-refractivity contribution in [1.82, 2.24) is 20.4 Å². The normalized spacial score (nSPS) is 29.7. The van der Waals surface area contributed by atoms with Crippen LogP contribution in [0.1, 0.15) is 32.0 Å². The summed E-state index contributed by atoms with van der Waals surface area (Å²) in [5.41, 5.74) is 0. The molecule has 0 aliphatic carbocycles. The number of hydrogen-bond acceptors (Lipinski definition) is 5. The van der Waals surface area contributed by atoms with Crippen LogP contribution in [0.25, 0.3) is 0 Å². The highest BCUT2D eigenvalue weighted by atomic mass is 16.5. The predicted octanol–water partition coefficient (Wildman–Crippen LogP) is 1.24. The lowest BCUT2D eigenvalue weighted by Gasteiger charge is -2.40. The van der Waals surface area contributed by atoms with Crippen molar-refractivity contribution >= 4 is 0 Å². The molecule has 0 bridgehead atoms. The van der Waals surface area contributed by atoms with Gasteiger partial charge in [-0.2, -0.15) is 4.98 Å². The first-order valence-electron chi connectivity index (χ1n) is 6.79. The maximum absolute atomic E-state index is 4.96. The van der Waals surface area contributed by atoms with Gasteiger partial charge in [0, 0.05) is 38.5 Å². The van der Waals surface area contributed by atoms with Crippen molar-refractivity contribution in [3.05, 3.63) is 11.7 Å². The summed E-state index contributed by atoms with van der Waals surface area (Å²) < 4.78 is 4.96. The fourth-order valence-electron chi connectivity index (χ4n) is 2.64. The zero-order chi connectivity index (χ0) is 13.1. The zero-order valence-electron chi connectivity index (χ0n) is 11.8. The molecule has 0 amide bonds. The second-order valence-electron chi connectivity index (χ2n) is 5.54. The SMILES string of the molecule is Cc1nc(CCNC2CC(C)N(C)CC2C)no1. The van der Waals surface area contributed by atoms with E-state index in [9.17, 15) is 0 Å². The van der Waals surface area contributed by atoms with Crippen molar-refractivity contribution in [1.29, 1.82) is 0 Å². The Morgan fingerprint density at radius 1 is 1.44 bits per heavy atom. The number of nitrogens with zero attached hydrogens (tertiary/aromatic N) is 3. The molecular weight excluding hydrogens is 228 g/mol. The summed E-state index contributed by atoms with van der Waals surface area (Å²) in [5, 5.41) is 7.54. The van der Waals surface area contributed by atoms with Gasteiger partial charge in [-0.3, -0.25) is 0 Å². The van der Waals surface area contributed by atoms with Crippen LogP contribution >= 0.6 is 0 Å². The van der Waals surface area contributed by atoms with Gasteiger partial charge in [-0.1, -0.05) is 12.1 Å². The Bertz CT molecular complexity index is 379. The molecule has 0 radical (unpaired) electrons. The number of rotatable bonds is 4. The molecule has 0 aromatic carbocycles. The van der Waals surface area contributed by atoms with Crippen LogP contribution in [0.4, 0.5) is 0 Å². The molecule has 2 heterocycles. The molecule has 1 aliphatic rings. The lowest BCUT2D eigenvalue weighted by molar-refractivity contribution is 0.122. The molecule has 5 nitrogen and oxygen atoms in total. The molecule has 1 fully saturated rings. The fourth-order valence-corrected chi connectivity index (χ4v) is 2.64. The van der Waals surface area contributed by atoms with Crippen molar-refractivity contribution in [2.24, 2.45) is 5.92 Å². The lowest BCUT2D eigenvalue weighted by Crippen LogP contribution is -2.51. The largest absolute Gasteiger partial charge is 0.340 e. The van der Waals surface area contributed by atoms with E-state index in [4.69, 9.17) is 4.52 Å². The van der Waals surface area contributed by atoms with Crippen LogP contribution in [0.3, 0.4) is 0 Å². The molecular formula is C13H24N4O. The summed E-state index contributed by atoms with van der Waals surface area (Å²) in [7, 11) is 2.21. The van der Waals surface area contributed by atoms with E-state index in [-0.39, 0.29) is 0 Å². The number of piperidine rings is 1. The number of nitrogens with one attached hydrogen (secondary N) is 1. The minimum absolute atomic E-state index is 0.601. The second kappa shape index (κ2) is 5.80. The van der Waals surface area contributed by atoms with Crippen LogP contribution in [0, 0.1) is 12.8 Å². The van der Waals surface area contributed by atoms with Gasteiger partial charge in [0.1, 0.15) is 0 Å². The van der Waals surface area contributed by atoms with E-state index in [1.807, 2.05) is 6.92 Å². The van der Waals surface area contributed by atoms with Crippen molar-refractivity contribution in [3.63, 3.8) is 0 Å². The van der Waals surface area contributed by atoms with Gasteiger partial charge >= 0.3 is 0 Å². The van der Waals surface area contributed by atoms with E-state index in [0.717, 1.165) is 18.8 Å². The van der Waals surface area contributed by atoms with E-state index in [1.54, 1.807) is 0 Å². The number of aromatic nitrogens is 2. The van der Waals surface area contributed by atoms with Gasteiger partial charge in [-0.15, -0.1) is 0 Å². The highest BCUT2D eigenvalue weighted by Crippen LogP contribution is 2.20. The summed E-state index contributed by atoms with van der Waals surface area (Å²) >= 11 is 0. The maximum Gasteiger partial charge on any atom is 0.223 e. The van der Waals surface area contributed by atoms with Crippen molar-refractivity contribution in [2.45, 2.75) is 45.7 Å². The summed E-state index contributed by atoms with van der Waals surface area (Å²) in [6.45, 7) is 8.52. The number of aryl methyl sites for hydroxylation is 1. The first-order chi connectivity index (χ1) is 8.56. The van der Waals surface area contributed by atoms with Gasteiger partial charge in [0.2, 0.25) is 5.89 Å². The van der Waals surface area contributed by atoms with Gasteiger partial charge < -0.3 is 14.7 Å².